The molecule has 0 saturated heterocycles. The van der Waals surface area contributed by atoms with Crippen LogP contribution in [0.15, 0.2) is 73.1 Å². The van der Waals surface area contributed by atoms with E-state index < -0.39 is 13.0 Å². The van der Waals surface area contributed by atoms with Crippen molar-refractivity contribution in [1.82, 2.24) is 14.8 Å². The van der Waals surface area contributed by atoms with E-state index in [2.05, 4.69) is 18.9 Å². The lowest BCUT2D eigenvalue weighted by atomic mass is 9.90. The molecule has 1 aromatic heterocycles. The van der Waals surface area contributed by atoms with Crippen molar-refractivity contribution >= 4 is 36.7 Å². The molecule has 3 amide bonds. The van der Waals surface area contributed by atoms with E-state index in [9.17, 15) is 18.9 Å². The SMILES string of the molecule is CCN1C(=O)C(C)(C)C(=O)N(C)c2cc(OCCCN(CCN(C)C(=O)c3ccccc3)Cc3ccncc3)ccc21.CCOP(=O)(C#N)OCC. The number of nitrogens with zero attached hydrogens (tertiary/aromatic N) is 6. The van der Waals surface area contributed by atoms with Crippen LogP contribution in [0.2, 0.25) is 0 Å². The van der Waals surface area contributed by atoms with Crippen LogP contribution in [-0.2, 0) is 29.7 Å². The minimum Gasteiger partial charge on any atom is -0.493 e. The van der Waals surface area contributed by atoms with Gasteiger partial charge in [0.25, 0.3) is 5.91 Å². The maximum atomic E-state index is 13.1. The van der Waals surface area contributed by atoms with Gasteiger partial charge in [0, 0.05) is 70.8 Å². The monoisotopic (exact) mass is 734 g/mol. The maximum Gasteiger partial charge on any atom is 0.431 e. The average Bonchev–Trinajstić information content (AvgIpc) is 3.20. The van der Waals surface area contributed by atoms with Crippen LogP contribution in [0.4, 0.5) is 11.4 Å². The Hall–Kier alpha value is -4.60. The lowest BCUT2D eigenvalue weighted by Gasteiger charge is -2.27. The van der Waals surface area contributed by atoms with E-state index in [0.29, 0.717) is 48.9 Å². The van der Waals surface area contributed by atoms with Gasteiger partial charge in [0.15, 0.2) is 5.81 Å². The summed E-state index contributed by atoms with van der Waals surface area (Å²) in [6.07, 6.45) is 4.34. The number of hydrogen-bond donors (Lipinski definition) is 0. The number of likely N-dealkylation sites (N-methyl/N-ethyl adjacent to an activating group) is 1. The number of nitriles is 1. The molecular weight excluding hydrogens is 683 g/mol. The second-order valence-corrected chi connectivity index (χ2v) is 14.3. The highest BCUT2D eigenvalue weighted by molar-refractivity contribution is 7.59. The first-order valence-corrected chi connectivity index (χ1v) is 18.9. The standard InChI is InChI=1S/C33H41N5O4.C5H10NO3P/c1-6-38-28-14-13-27(23-29(28)36(5)31(40)33(2,3)32(38)41)42-22-10-19-37(24-25-15-17-34-18-16-25)21-20-35(4)30(39)26-11-8-7-9-12-26;1-3-8-10(7,5-6)9-4-2/h7-9,11-18,23H,6,10,19-22,24H2,1-5H3;3-4H2,1-2H3. The molecule has 0 fully saturated rings. The fourth-order valence-corrected chi connectivity index (χ4v) is 6.46. The Morgan fingerprint density at radius 3 is 2.17 bits per heavy atom. The normalized spacial score (nSPS) is 13.8. The predicted molar refractivity (Wildman–Crippen MR) is 201 cm³/mol. The smallest absolute Gasteiger partial charge is 0.431 e. The summed E-state index contributed by atoms with van der Waals surface area (Å²) in [7, 11) is 0.140. The molecule has 0 spiro atoms. The van der Waals surface area contributed by atoms with Gasteiger partial charge in [-0.1, -0.05) is 18.2 Å². The van der Waals surface area contributed by atoms with Crippen LogP contribution >= 0.6 is 7.60 Å². The van der Waals surface area contributed by atoms with Gasteiger partial charge in [0.2, 0.25) is 11.8 Å². The number of amides is 3. The number of benzene rings is 2. The van der Waals surface area contributed by atoms with Crippen LogP contribution in [0.25, 0.3) is 0 Å². The third kappa shape index (κ3) is 11.2. The summed E-state index contributed by atoms with van der Waals surface area (Å²) >= 11 is 0. The molecule has 0 atom stereocenters. The Balaban J connectivity index is 0.000000636. The molecule has 0 saturated carbocycles. The van der Waals surface area contributed by atoms with Crippen LogP contribution in [0, 0.1) is 16.5 Å². The Kier molecular flexibility index (Phi) is 16.0. The van der Waals surface area contributed by atoms with Gasteiger partial charge >= 0.3 is 7.60 Å². The molecule has 0 aliphatic carbocycles. The maximum absolute atomic E-state index is 13.1. The molecule has 13 nitrogen and oxygen atoms in total. The topological polar surface area (TPSA) is 146 Å². The van der Waals surface area contributed by atoms with Crippen molar-refractivity contribution in [3.63, 3.8) is 0 Å². The second-order valence-electron chi connectivity index (χ2n) is 12.5. The summed E-state index contributed by atoms with van der Waals surface area (Å²) in [6, 6.07) is 18.9. The molecule has 0 radical (unpaired) electrons. The van der Waals surface area contributed by atoms with Crippen molar-refractivity contribution < 1.29 is 32.7 Å². The lowest BCUT2D eigenvalue weighted by Crippen LogP contribution is -2.47. The number of rotatable bonds is 16. The first-order chi connectivity index (χ1) is 24.8. The third-order valence-electron chi connectivity index (χ3n) is 8.42. The minimum atomic E-state index is -3.39. The molecule has 52 heavy (non-hydrogen) atoms. The van der Waals surface area contributed by atoms with E-state index >= 15 is 0 Å². The number of ether oxygens (including phenoxy) is 1. The quantitative estimate of drug-likeness (QED) is 0.0946. The number of aromatic nitrogens is 1. The van der Waals surface area contributed by atoms with Crippen LogP contribution < -0.4 is 14.5 Å². The van der Waals surface area contributed by atoms with Crippen molar-refractivity contribution in [2.45, 2.75) is 47.6 Å². The van der Waals surface area contributed by atoms with E-state index in [1.807, 2.05) is 74.6 Å². The molecule has 1 aliphatic rings. The molecule has 0 bridgehead atoms. The molecule has 14 heteroatoms. The zero-order valence-corrected chi connectivity index (χ0v) is 32.2. The van der Waals surface area contributed by atoms with Crippen LogP contribution in [0.5, 0.6) is 5.75 Å². The van der Waals surface area contributed by atoms with Gasteiger partial charge in [0.1, 0.15) is 11.2 Å². The Bertz CT molecular complexity index is 1710. The van der Waals surface area contributed by atoms with Crippen LogP contribution in [0.3, 0.4) is 0 Å². The van der Waals surface area contributed by atoms with Gasteiger partial charge in [-0.2, -0.15) is 5.26 Å². The molecule has 1 aliphatic heterocycles. The van der Waals surface area contributed by atoms with Gasteiger partial charge in [-0.25, -0.2) is 4.57 Å². The number of hydrogen-bond acceptors (Lipinski definition) is 10. The summed E-state index contributed by atoms with van der Waals surface area (Å²) in [5.74, 6) is 1.68. The minimum absolute atomic E-state index is 0.00109. The Morgan fingerprint density at radius 2 is 1.58 bits per heavy atom. The van der Waals surface area contributed by atoms with Crippen LogP contribution in [0.1, 0.15) is 57.0 Å². The van der Waals surface area contributed by atoms with Gasteiger partial charge in [-0.05, 0) is 83.0 Å². The van der Waals surface area contributed by atoms with Crippen molar-refractivity contribution in [2.24, 2.45) is 5.41 Å². The van der Waals surface area contributed by atoms with Crippen molar-refractivity contribution in [2.75, 3.05) is 69.9 Å². The van der Waals surface area contributed by atoms with E-state index in [4.69, 9.17) is 10.00 Å². The highest BCUT2D eigenvalue weighted by Crippen LogP contribution is 2.46. The van der Waals surface area contributed by atoms with Gasteiger partial charge in [-0.3, -0.25) is 33.3 Å². The Labute approximate surface area is 307 Å². The van der Waals surface area contributed by atoms with Gasteiger partial charge < -0.3 is 19.4 Å². The molecule has 4 rings (SSSR count). The van der Waals surface area contributed by atoms with E-state index in [0.717, 1.165) is 25.1 Å². The molecular formula is C38H51N6O7P. The second kappa shape index (κ2) is 19.9. The van der Waals surface area contributed by atoms with Crippen LogP contribution in [-0.4, -0.2) is 92.6 Å². The van der Waals surface area contributed by atoms with Crippen molar-refractivity contribution in [3.8, 4) is 11.6 Å². The number of pyridine rings is 1. The third-order valence-corrected chi connectivity index (χ3v) is 9.86. The molecule has 0 N–H and O–H groups in total. The van der Waals surface area contributed by atoms with Gasteiger partial charge in [0.05, 0.1) is 31.2 Å². The van der Waals surface area contributed by atoms with Crippen molar-refractivity contribution in [1.29, 1.82) is 5.26 Å². The van der Waals surface area contributed by atoms with Crippen molar-refractivity contribution in [3.05, 3.63) is 84.2 Å². The first kappa shape index (κ1) is 41.8. The number of carbonyl (C=O) groups is 3. The summed E-state index contributed by atoms with van der Waals surface area (Å²) in [6.45, 7) is 12.8. The number of carbonyl (C=O) groups excluding carboxylic acids is 3. The fraction of sp³-hybridized carbons (Fsp3) is 0.447. The van der Waals surface area contributed by atoms with E-state index in [1.165, 1.54) is 5.81 Å². The molecule has 2 aromatic carbocycles. The molecule has 280 valence electrons. The summed E-state index contributed by atoms with van der Waals surface area (Å²) in [5.41, 5.74) is 2.04. The van der Waals surface area contributed by atoms with Gasteiger partial charge in [-0.15, -0.1) is 0 Å². The molecule has 3 aromatic rings. The average molecular weight is 735 g/mol. The van der Waals surface area contributed by atoms with E-state index in [-0.39, 0.29) is 30.9 Å². The number of fused-ring (bicyclic) bond motifs is 1. The molecule has 0 unspecified atom stereocenters. The zero-order chi connectivity index (χ0) is 38.3. The summed E-state index contributed by atoms with van der Waals surface area (Å²) in [4.78, 5) is 50.5. The molecule has 2 heterocycles. The number of anilines is 2. The zero-order valence-electron chi connectivity index (χ0n) is 31.3. The summed E-state index contributed by atoms with van der Waals surface area (Å²) in [5, 5.41) is 8.28. The highest BCUT2D eigenvalue weighted by Gasteiger charge is 2.45. The lowest BCUT2D eigenvalue weighted by molar-refractivity contribution is -0.137. The fourth-order valence-electron chi connectivity index (χ4n) is 5.59. The first-order valence-electron chi connectivity index (χ1n) is 17.4. The van der Waals surface area contributed by atoms with E-state index in [1.54, 1.807) is 61.8 Å². The summed E-state index contributed by atoms with van der Waals surface area (Å²) < 4.78 is 26.3. The Morgan fingerprint density at radius 1 is 0.923 bits per heavy atom. The highest BCUT2D eigenvalue weighted by atomic mass is 31.2. The largest absolute Gasteiger partial charge is 0.493 e. The predicted octanol–water partition coefficient (Wildman–Crippen LogP) is 6.21.